The topological polar surface area (TPSA) is 90.2 Å². The molecule has 0 bridgehead atoms. The number of rotatable bonds is 3. The lowest BCUT2D eigenvalue weighted by atomic mass is 10.1. The maximum atomic E-state index is 13.1. The fraction of sp³-hybridized carbons (Fsp3) is 0.222. The minimum atomic E-state index is -0.432. The molecule has 0 amide bonds. The van der Waals surface area contributed by atoms with Crippen molar-refractivity contribution < 1.29 is 14.2 Å². The number of esters is 1. The van der Waals surface area contributed by atoms with Crippen LogP contribution in [-0.2, 0) is 11.3 Å². The third-order valence-electron chi connectivity index (χ3n) is 4.45. The first-order valence-corrected chi connectivity index (χ1v) is 9.01. The zero-order valence-electron chi connectivity index (χ0n) is 14.4. The Morgan fingerprint density at radius 3 is 2.92 bits per heavy atom. The SMILES string of the molecule is CCOC(=O)c1sc2ncn([N+]3=C(N)c4ccccc4C3)c(=O)c2c1C. The Balaban J connectivity index is 1.88. The Bertz CT molecular complexity index is 1140. The van der Waals surface area contributed by atoms with E-state index in [0.717, 1.165) is 11.1 Å². The molecule has 1 aliphatic rings. The summed E-state index contributed by atoms with van der Waals surface area (Å²) in [6.45, 7) is 4.25. The van der Waals surface area contributed by atoms with Gasteiger partial charge in [-0.1, -0.05) is 18.2 Å². The predicted molar refractivity (Wildman–Crippen MR) is 98.7 cm³/mol. The molecule has 1 aromatic carbocycles. The molecule has 0 fully saturated rings. The van der Waals surface area contributed by atoms with E-state index in [4.69, 9.17) is 10.5 Å². The minimum absolute atomic E-state index is 0.255. The van der Waals surface area contributed by atoms with E-state index in [1.165, 1.54) is 22.3 Å². The fourth-order valence-electron chi connectivity index (χ4n) is 3.16. The van der Waals surface area contributed by atoms with Gasteiger partial charge in [0.15, 0.2) is 0 Å². The number of carbonyl (C=O) groups excluding carboxylic acids is 1. The van der Waals surface area contributed by atoms with Crippen molar-refractivity contribution in [1.82, 2.24) is 9.66 Å². The number of thiophene rings is 1. The van der Waals surface area contributed by atoms with Gasteiger partial charge in [0.1, 0.15) is 22.6 Å². The second-order valence-corrected chi connectivity index (χ2v) is 6.95. The number of hydrogen-bond donors (Lipinski definition) is 1. The first-order chi connectivity index (χ1) is 12.5. The number of hydrogen-bond acceptors (Lipinski definition) is 6. The molecule has 0 atom stereocenters. The van der Waals surface area contributed by atoms with Crippen LogP contribution in [-0.4, -0.2) is 32.8 Å². The van der Waals surface area contributed by atoms with Crippen LogP contribution in [0.2, 0.25) is 0 Å². The summed E-state index contributed by atoms with van der Waals surface area (Å²) in [5.41, 5.74) is 8.54. The van der Waals surface area contributed by atoms with Crippen LogP contribution in [0, 0.1) is 6.92 Å². The van der Waals surface area contributed by atoms with Gasteiger partial charge in [0.2, 0.25) is 0 Å². The number of benzene rings is 1. The van der Waals surface area contributed by atoms with Crippen molar-refractivity contribution in [3.63, 3.8) is 0 Å². The van der Waals surface area contributed by atoms with Gasteiger partial charge in [-0.2, -0.15) is 0 Å². The van der Waals surface area contributed by atoms with E-state index in [1.54, 1.807) is 18.5 Å². The first-order valence-electron chi connectivity index (χ1n) is 8.19. The van der Waals surface area contributed by atoms with Crippen LogP contribution in [0.4, 0.5) is 0 Å². The summed E-state index contributed by atoms with van der Waals surface area (Å²) in [6.07, 6.45) is 1.45. The molecule has 0 unspecified atom stereocenters. The molecule has 0 aliphatic carbocycles. The summed E-state index contributed by atoms with van der Waals surface area (Å²) in [5.74, 6) is 0.0703. The summed E-state index contributed by atoms with van der Waals surface area (Å²) in [7, 11) is 0. The molecule has 0 saturated carbocycles. The van der Waals surface area contributed by atoms with Crippen molar-refractivity contribution in [1.29, 1.82) is 0 Å². The molecule has 2 N–H and O–H groups in total. The largest absolute Gasteiger partial charge is 0.462 e. The van der Waals surface area contributed by atoms with E-state index in [0.29, 0.717) is 33.0 Å². The van der Waals surface area contributed by atoms with E-state index >= 15 is 0 Å². The molecule has 0 saturated heterocycles. The zero-order valence-corrected chi connectivity index (χ0v) is 15.2. The Morgan fingerprint density at radius 2 is 2.19 bits per heavy atom. The predicted octanol–water partition coefficient (Wildman–Crippen LogP) is 1.64. The van der Waals surface area contributed by atoms with Crippen molar-refractivity contribution in [3.8, 4) is 0 Å². The number of amidine groups is 1. The first kappa shape index (κ1) is 16.5. The lowest BCUT2D eigenvalue weighted by Gasteiger charge is -2.05. The number of nitrogens with two attached hydrogens (primary N) is 1. The van der Waals surface area contributed by atoms with Gasteiger partial charge in [0, 0.05) is 5.56 Å². The molecular weight excluding hydrogens is 352 g/mol. The molecule has 0 radical (unpaired) electrons. The highest BCUT2D eigenvalue weighted by molar-refractivity contribution is 7.20. The highest BCUT2D eigenvalue weighted by Gasteiger charge is 2.28. The van der Waals surface area contributed by atoms with E-state index in [1.807, 2.05) is 24.3 Å². The van der Waals surface area contributed by atoms with Crippen molar-refractivity contribution in [2.45, 2.75) is 20.4 Å². The van der Waals surface area contributed by atoms with Gasteiger partial charge in [-0.3, -0.25) is 10.5 Å². The average Bonchev–Trinajstić information content (AvgIpc) is 3.14. The van der Waals surface area contributed by atoms with Gasteiger partial charge in [0.05, 0.1) is 17.6 Å². The molecule has 7 nitrogen and oxygen atoms in total. The average molecular weight is 369 g/mol. The number of aromatic nitrogens is 2. The number of nitrogens with zero attached hydrogens (tertiary/aromatic N) is 3. The summed E-state index contributed by atoms with van der Waals surface area (Å²) >= 11 is 1.17. The summed E-state index contributed by atoms with van der Waals surface area (Å²) in [4.78, 5) is 30.5. The lowest BCUT2D eigenvalue weighted by molar-refractivity contribution is -0.600. The van der Waals surface area contributed by atoms with E-state index < -0.39 is 5.97 Å². The quantitative estimate of drug-likeness (QED) is 0.560. The number of ether oxygens (including phenoxy) is 1. The second-order valence-electron chi connectivity index (χ2n) is 5.95. The molecule has 1 aliphatic heterocycles. The van der Waals surface area contributed by atoms with Gasteiger partial charge in [0.25, 0.3) is 11.4 Å². The van der Waals surface area contributed by atoms with Crippen molar-refractivity contribution in [2.24, 2.45) is 5.73 Å². The van der Waals surface area contributed by atoms with Gasteiger partial charge in [-0.15, -0.1) is 20.7 Å². The molecule has 132 valence electrons. The van der Waals surface area contributed by atoms with Crippen LogP contribution in [0.3, 0.4) is 0 Å². The molecule has 0 spiro atoms. The van der Waals surface area contributed by atoms with Gasteiger partial charge in [-0.25, -0.2) is 9.78 Å². The number of fused-ring (bicyclic) bond motifs is 2. The fourth-order valence-corrected chi connectivity index (χ4v) is 4.20. The molecule has 4 rings (SSSR count). The maximum absolute atomic E-state index is 13.1. The smallest absolute Gasteiger partial charge is 0.348 e. The van der Waals surface area contributed by atoms with Crippen LogP contribution in [0.15, 0.2) is 35.4 Å². The zero-order chi connectivity index (χ0) is 18.4. The van der Waals surface area contributed by atoms with Gasteiger partial charge in [-0.05, 0) is 25.5 Å². The highest BCUT2D eigenvalue weighted by atomic mass is 32.1. The van der Waals surface area contributed by atoms with Gasteiger partial charge < -0.3 is 4.74 Å². The summed E-state index contributed by atoms with van der Waals surface area (Å²) in [6, 6.07) is 7.76. The van der Waals surface area contributed by atoms with Crippen molar-refractivity contribution in [2.75, 3.05) is 6.61 Å². The van der Waals surface area contributed by atoms with E-state index in [-0.39, 0.29) is 12.2 Å². The van der Waals surface area contributed by atoms with Crippen LogP contribution in [0.5, 0.6) is 0 Å². The molecule has 2 aromatic heterocycles. The minimum Gasteiger partial charge on any atom is -0.462 e. The monoisotopic (exact) mass is 369 g/mol. The third-order valence-corrected chi connectivity index (χ3v) is 5.63. The van der Waals surface area contributed by atoms with Crippen LogP contribution in [0.1, 0.15) is 33.3 Å². The second kappa shape index (κ2) is 6.06. The van der Waals surface area contributed by atoms with E-state index in [9.17, 15) is 9.59 Å². The maximum Gasteiger partial charge on any atom is 0.348 e. The number of carbonyl (C=O) groups is 1. The Hall–Kier alpha value is -3.00. The van der Waals surface area contributed by atoms with Crippen molar-refractivity contribution >= 4 is 33.4 Å². The lowest BCUT2D eigenvalue weighted by Crippen LogP contribution is -2.35. The Labute approximate surface area is 152 Å². The van der Waals surface area contributed by atoms with Crippen LogP contribution in [0.25, 0.3) is 10.2 Å². The van der Waals surface area contributed by atoms with Crippen LogP contribution >= 0.6 is 11.3 Å². The standard InChI is InChI=1S/C18H16N4O3S/c1-3-25-18(24)14-10(2)13-16(26-14)20-9-22(17(13)23)21-8-11-6-4-5-7-12(11)15(21)19/h4-7,9,19H,3,8H2,1-2H3/p+1. The normalized spacial score (nSPS) is 13.3. The molecule has 3 aromatic rings. The van der Waals surface area contributed by atoms with E-state index in [2.05, 4.69) is 4.98 Å². The third kappa shape index (κ3) is 2.33. The highest BCUT2D eigenvalue weighted by Crippen LogP contribution is 2.27. The number of aryl methyl sites for hydroxylation is 1. The Morgan fingerprint density at radius 1 is 1.42 bits per heavy atom. The summed E-state index contributed by atoms with van der Waals surface area (Å²) < 4.78 is 8.17. The molecular formula is C18H17N4O3S+. The summed E-state index contributed by atoms with van der Waals surface area (Å²) in [5, 5.41) is 0.421. The molecule has 8 heteroatoms. The van der Waals surface area contributed by atoms with Gasteiger partial charge >= 0.3 is 5.97 Å². The Kier molecular flexibility index (Phi) is 3.84. The van der Waals surface area contributed by atoms with Crippen LogP contribution < -0.4 is 11.3 Å². The molecule has 26 heavy (non-hydrogen) atoms. The van der Waals surface area contributed by atoms with Crippen molar-refractivity contribution in [3.05, 3.63) is 62.5 Å². The molecule has 3 heterocycles.